The fourth-order valence-electron chi connectivity index (χ4n) is 3.46. The smallest absolute Gasteiger partial charge is 0.224 e. The highest BCUT2D eigenvalue weighted by Crippen LogP contribution is 2.25. The summed E-state index contributed by atoms with van der Waals surface area (Å²) in [6, 6.07) is 16.4. The van der Waals surface area contributed by atoms with E-state index in [2.05, 4.69) is 33.8 Å². The lowest BCUT2D eigenvalue weighted by atomic mass is 10.1. The minimum atomic E-state index is 0. The monoisotopic (exact) mass is 536 g/mol. The Balaban J connectivity index is 0.00000341. The summed E-state index contributed by atoms with van der Waals surface area (Å²) in [7, 11) is 1.84. The summed E-state index contributed by atoms with van der Waals surface area (Å²) in [4.78, 5) is 18.7. The van der Waals surface area contributed by atoms with Crippen LogP contribution in [0.15, 0.2) is 53.5 Å². The molecule has 0 saturated carbocycles. The van der Waals surface area contributed by atoms with Crippen molar-refractivity contribution < 1.29 is 9.53 Å². The molecule has 0 aromatic heterocycles. The van der Waals surface area contributed by atoms with Crippen molar-refractivity contribution in [2.45, 2.75) is 32.7 Å². The number of halogens is 1. The van der Waals surface area contributed by atoms with E-state index in [4.69, 9.17) is 4.74 Å². The maximum atomic E-state index is 12.4. The molecule has 1 amide bonds. The number of hydrogen-bond donors (Lipinski definition) is 2. The minimum absolute atomic E-state index is 0. The number of nitrogens with one attached hydrogen (secondary N) is 2. The summed E-state index contributed by atoms with van der Waals surface area (Å²) in [5.74, 6) is 1.86. The number of benzene rings is 2. The highest BCUT2D eigenvalue weighted by molar-refractivity contribution is 14.0. The van der Waals surface area contributed by atoms with Gasteiger partial charge in [0.05, 0.1) is 13.2 Å². The molecule has 0 bridgehead atoms. The Morgan fingerprint density at radius 2 is 1.94 bits per heavy atom. The third-order valence-corrected chi connectivity index (χ3v) is 5.09. The van der Waals surface area contributed by atoms with Gasteiger partial charge in [-0.3, -0.25) is 9.79 Å². The Bertz CT molecular complexity index is 858. The second-order valence-corrected chi connectivity index (χ2v) is 7.46. The van der Waals surface area contributed by atoms with Gasteiger partial charge in [0.25, 0.3) is 0 Å². The summed E-state index contributed by atoms with van der Waals surface area (Å²) in [5, 5.41) is 6.61. The molecule has 6 nitrogen and oxygen atoms in total. The Morgan fingerprint density at radius 3 is 2.71 bits per heavy atom. The number of amides is 1. The van der Waals surface area contributed by atoms with Crippen LogP contribution in [0.3, 0.4) is 0 Å². The molecule has 0 spiro atoms. The van der Waals surface area contributed by atoms with Crippen LogP contribution in [0.1, 0.15) is 30.0 Å². The van der Waals surface area contributed by atoms with Crippen LogP contribution < -0.4 is 15.4 Å². The first-order valence-electron chi connectivity index (χ1n) is 10.7. The van der Waals surface area contributed by atoms with E-state index in [1.165, 1.54) is 11.1 Å². The zero-order valence-electron chi connectivity index (χ0n) is 18.4. The van der Waals surface area contributed by atoms with Gasteiger partial charge < -0.3 is 20.3 Å². The van der Waals surface area contributed by atoms with E-state index in [-0.39, 0.29) is 29.9 Å². The third kappa shape index (κ3) is 8.05. The quantitative estimate of drug-likeness (QED) is 0.293. The number of ether oxygens (including phenoxy) is 1. The minimum Gasteiger partial charge on any atom is -0.493 e. The highest BCUT2D eigenvalue weighted by Gasteiger charge is 2.12. The van der Waals surface area contributed by atoms with Crippen molar-refractivity contribution in [3.05, 3.63) is 65.2 Å². The topological polar surface area (TPSA) is 66.0 Å². The molecular weight excluding hydrogens is 503 g/mol. The van der Waals surface area contributed by atoms with Gasteiger partial charge in [-0.05, 0) is 36.1 Å². The molecule has 168 valence electrons. The number of guanidine groups is 1. The Kier molecular flexibility index (Phi) is 10.6. The van der Waals surface area contributed by atoms with E-state index in [0.29, 0.717) is 19.5 Å². The Morgan fingerprint density at radius 1 is 1.13 bits per heavy atom. The normalized spacial score (nSPS) is 12.4. The zero-order valence-corrected chi connectivity index (χ0v) is 20.7. The van der Waals surface area contributed by atoms with Crippen molar-refractivity contribution in [1.82, 2.24) is 15.5 Å². The molecular formula is C24H33IN4O2. The van der Waals surface area contributed by atoms with Crippen LogP contribution in [0, 0.1) is 0 Å². The first-order chi connectivity index (χ1) is 14.7. The molecule has 7 heteroatoms. The van der Waals surface area contributed by atoms with Crippen molar-refractivity contribution in [2.24, 2.45) is 4.99 Å². The van der Waals surface area contributed by atoms with E-state index < -0.39 is 0 Å². The maximum absolute atomic E-state index is 12.4. The van der Waals surface area contributed by atoms with Crippen LogP contribution >= 0.6 is 24.0 Å². The molecule has 1 aliphatic rings. The molecule has 1 aliphatic heterocycles. The third-order valence-electron chi connectivity index (χ3n) is 5.09. The lowest BCUT2D eigenvalue weighted by Crippen LogP contribution is -2.38. The van der Waals surface area contributed by atoms with E-state index in [1.807, 2.05) is 44.3 Å². The van der Waals surface area contributed by atoms with E-state index in [9.17, 15) is 4.79 Å². The largest absolute Gasteiger partial charge is 0.493 e. The lowest BCUT2D eigenvalue weighted by molar-refractivity contribution is -0.130. The molecule has 2 N–H and O–H groups in total. The predicted molar refractivity (Wildman–Crippen MR) is 136 cm³/mol. The molecule has 2 aromatic rings. The van der Waals surface area contributed by atoms with Crippen LogP contribution in [0.5, 0.6) is 5.75 Å². The molecule has 3 rings (SSSR count). The summed E-state index contributed by atoms with van der Waals surface area (Å²) in [5.41, 5.74) is 3.72. The van der Waals surface area contributed by atoms with E-state index in [0.717, 1.165) is 49.8 Å². The highest BCUT2D eigenvalue weighted by atomic mass is 127. The molecule has 31 heavy (non-hydrogen) atoms. The number of fused-ring (bicyclic) bond motifs is 1. The number of hydrogen-bond acceptors (Lipinski definition) is 3. The maximum Gasteiger partial charge on any atom is 0.224 e. The summed E-state index contributed by atoms with van der Waals surface area (Å²) >= 11 is 0. The van der Waals surface area contributed by atoms with Crippen LogP contribution in [-0.2, 0) is 24.2 Å². The van der Waals surface area contributed by atoms with Crippen molar-refractivity contribution in [3.63, 3.8) is 0 Å². The van der Waals surface area contributed by atoms with Gasteiger partial charge in [0, 0.05) is 39.5 Å². The fourth-order valence-corrected chi connectivity index (χ4v) is 3.46. The molecule has 2 aromatic carbocycles. The van der Waals surface area contributed by atoms with Gasteiger partial charge in [0.1, 0.15) is 5.75 Å². The standard InChI is InChI=1S/C24H32N4O2.HI/c1-3-25-24(26-14-11-19-9-10-22-21(17-19)13-16-30-22)27-15-12-23(29)28(2)18-20-7-5-4-6-8-20;/h4-10,17H,3,11-16,18H2,1-2H3,(H2,25,26,27);1H. The van der Waals surface area contributed by atoms with Crippen molar-refractivity contribution in [1.29, 1.82) is 0 Å². The van der Waals surface area contributed by atoms with Crippen LogP contribution in [0.2, 0.25) is 0 Å². The lowest BCUT2D eigenvalue weighted by Gasteiger charge is -2.17. The first kappa shape index (κ1) is 25.0. The molecule has 1 heterocycles. The zero-order chi connectivity index (χ0) is 21.2. The summed E-state index contributed by atoms with van der Waals surface area (Å²) < 4.78 is 5.57. The van der Waals surface area contributed by atoms with Gasteiger partial charge >= 0.3 is 0 Å². The van der Waals surface area contributed by atoms with Gasteiger partial charge in [-0.2, -0.15) is 0 Å². The Hall–Kier alpha value is -2.29. The van der Waals surface area contributed by atoms with E-state index >= 15 is 0 Å². The first-order valence-corrected chi connectivity index (χ1v) is 10.7. The van der Waals surface area contributed by atoms with Gasteiger partial charge in [-0.25, -0.2) is 0 Å². The summed E-state index contributed by atoms with van der Waals surface area (Å²) in [6.07, 6.45) is 2.30. The number of aliphatic imine (C=N–C) groups is 1. The molecule has 0 saturated heterocycles. The van der Waals surface area contributed by atoms with E-state index in [1.54, 1.807) is 4.90 Å². The molecule has 0 fully saturated rings. The van der Waals surface area contributed by atoms with Crippen LogP contribution in [0.25, 0.3) is 0 Å². The van der Waals surface area contributed by atoms with Gasteiger partial charge in [-0.1, -0.05) is 42.5 Å². The van der Waals surface area contributed by atoms with Crippen molar-refractivity contribution in [3.8, 4) is 5.75 Å². The molecule has 0 radical (unpaired) electrons. The van der Waals surface area contributed by atoms with Crippen molar-refractivity contribution >= 4 is 35.8 Å². The SMILES string of the molecule is CCNC(=NCCC(=O)N(C)Cc1ccccc1)NCCc1ccc2c(c1)CCO2.I. The summed E-state index contributed by atoms with van der Waals surface area (Å²) in [6.45, 7) is 5.47. The number of carbonyl (C=O) groups excluding carboxylic acids is 1. The Labute approximate surface area is 202 Å². The molecule has 0 atom stereocenters. The number of nitrogens with zero attached hydrogens (tertiary/aromatic N) is 2. The predicted octanol–water partition coefficient (Wildman–Crippen LogP) is 3.39. The van der Waals surface area contributed by atoms with Gasteiger partial charge in [-0.15, -0.1) is 24.0 Å². The fraction of sp³-hybridized carbons (Fsp3) is 0.417. The molecule has 0 aliphatic carbocycles. The second kappa shape index (κ2) is 13.2. The van der Waals surface area contributed by atoms with Gasteiger partial charge in [0.2, 0.25) is 5.91 Å². The van der Waals surface area contributed by atoms with Crippen LogP contribution in [0.4, 0.5) is 0 Å². The van der Waals surface area contributed by atoms with Crippen molar-refractivity contribution in [2.75, 3.05) is 33.3 Å². The number of carbonyl (C=O) groups is 1. The number of rotatable bonds is 9. The van der Waals surface area contributed by atoms with Crippen LogP contribution in [-0.4, -0.2) is 50.1 Å². The average molecular weight is 536 g/mol. The van der Waals surface area contributed by atoms with Gasteiger partial charge in [0.15, 0.2) is 5.96 Å². The average Bonchev–Trinajstić information content (AvgIpc) is 3.22. The second-order valence-electron chi connectivity index (χ2n) is 7.46. The molecule has 0 unspecified atom stereocenters.